The number of hydrogen-bond donors (Lipinski definition) is 1. The fraction of sp³-hybridized carbons (Fsp3) is 0.222. The highest BCUT2D eigenvalue weighted by atomic mass is 32.2. The predicted molar refractivity (Wildman–Crippen MR) is 94.0 cm³/mol. The largest absolute Gasteiger partial charge is 0.439 e. The zero-order valence-electron chi connectivity index (χ0n) is 14.7. The average Bonchev–Trinajstić information content (AvgIpc) is 2.99. The third-order valence-corrected chi connectivity index (χ3v) is 5.68. The van der Waals surface area contributed by atoms with E-state index in [0.717, 1.165) is 17.0 Å². The first-order valence-electron chi connectivity index (χ1n) is 8.29. The monoisotopic (exact) mass is 428 g/mol. The van der Waals surface area contributed by atoms with Gasteiger partial charge in [-0.2, -0.15) is 13.2 Å². The molecule has 0 aliphatic carbocycles. The summed E-state index contributed by atoms with van der Waals surface area (Å²) in [7, 11) is -4.25. The maximum Gasteiger partial charge on any atom is 0.417 e. The Morgan fingerprint density at radius 3 is 2.17 bits per heavy atom. The number of halogens is 3. The molecule has 1 heterocycles. The van der Waals surface area contributed by atoms with Gasteiger partial charge in [0.1, 0.15) is 0 Å². The van der Waals surface area contributed by atoms with Crippen LogP contribution in [0.2, 0.25) is 0 Å². The van der Waals surface area contributed by atoms with Crippen LogP contribution < -0.4 is 4.72 Å². The van der Waals surface area contributed by atoms with Gasteiger partial charge in [0.05, 0.1) is 23.0 Å². The van der Waals surface area contributed by atoms with E-state index in [-0.39, 0.29) is 11.4 Å². The van der Waals surface area contributed by atoms with Crippen LogP contribution in [-0.4, -0.2) is 38.5 Å². The van der Waals surface area contributed by atoms with Crippen molar-refractivity contribution in [2.75, 3.05) is 13.2 Å². The zero-order chi connectivity index (χ0) is 21.2. The van der Waals surface area contributed by atoms with E-state index in [1.165, 1.54) is 0 Å². The summed E-state index contributed by atoms with van der Waals surface area (Å²) in [6.45, 7) is -0.770. The van der Waals surface area contributed by atoms with E-state index in [0.29, 0.717) is 17.7 Å². The lowest BCUT2D eigenvalue weighted by molar-refractivity contribution is -0.137. The van der Waals surface area contributed by atoms with Gasteiger partial charge in [0.25, 0.3) is 5.91 Å². The molecule has 3 rings (SSSR count). The minimum absolute atomic E-state index is 0.332. The fourth-order valence-electron chi connectivity index (χ4n) is 2.71. The Hall–Kier alpha value is -2.92. The van der Waals surface area contributed by atoms with Crippen LogP contribution in [0, 0.1) is 0 Å². The maximum absolute atomic E-state index is 12.7. The molecule has 0 saturated carbocycles. The van der Waals surface area contributed by atoms with E-state index < -0.39 is 46.4 Å². The molecule has 0 radical (unpaired) electrons. The predicted octanol–water partition coefficient (Wildman–Crippen LogP) is 2.70. The molecule has 11 heteroatoms. The number of ether oxygens (including phenoxy) is 1. The topological polar surface area (TPSA) is 92.8 Å². The smallest absolute Gasteiger partial charge is 0.417 e. The van der Waals surface area contributed by atoms with E-state index in [1.807, 2.05) is 0 Å². The lowest BCUT2D eigenvalue weighted by atomic mass is 10.1. The highest BCUT2D eigenvalue weighted by molar-refractivity contribution is 7.89. The van der Waals surface area contributed by atoms with Gasteiger partial charge in [-0.1, -0.05) is 30.3 Å². The number of alkyl halides is 3. The van der Waals surface area contributed by atoms with Crippen LogP contribution in [0.25, 0.3) is 0 Å². The number of benzene rings is 2. The highest BCUT2D eigenvalue weighted by Gasteiger charge is 2.35. The van der Waals surface area contributed by atoms with Crippen LogP contribution in [0.15, 0.2) is 59.5 Å². The molecule has 0 bridgehead atoms. The Labute approximate surface area is 164 Å². The van der Waals surface area contributed by atoms with Crippen molar-refractivity contribution in [1.82, 2.24) is 9.62 Å². The number of cyclic esters (lactones) is 1. The molecular weight excluding hydrogens is 413 g/mol. The third kappa shape index (κ3) is 4.74. The maximum atomic E-state index is 12.7. The van der Waals surface area contributed by atoms with E-state index in [2.05, 4.69) is 9.46 Å². The number of rotatable bonds is 6. The number of nitrogens with zero attached hydrogens (tertiary/aromatic N) is 1. The van der Waals surface area contributed by atoms with Gasteiger partial charge in [-0.05, 0) is 29.8 Å². The first-order valence-corrected chi connectivity index (χ1v) is 9.78. The van der Waals surface area contributed by atoms with E-state index in [9.17, 15) is 31.2 Å². The number of hydrogen-bond acceptors (Lipinski definition) is 5. The molecule has 2 amide bonds. The lowest BCUT2D eigenvalue weighted by Crippen LogP contribution is -2.40. The molecule has 29 heavy (non-hydrogen) atoms. The van der Waals surface area contributed by atoms with E-state index >= 15 is 0 Å². The summed E-state index contributed by atoms with van der Waals surface area (Å²) in [5, 5.41) is 0. The van der Waals surface area contributed by atoms with Crippen LogP contribution in [-0.2, 0) is 25.7 Å². The summed E-state index contributed by atoms with van der Waals surface area (Å²) in [6, 6.07) is 10.1. The molecule has 2 aromatic carbocycles. The van der Waals surface area contributed by atoms with E-state index in [4.69, 9.17) is 0 Å². The van der Waals surface area contributed by atoms with Crippen LogP contribution in [0.4, 0.5) is 18.0 Å². The molecule has 2 aromatic rings. The standard InChI is InChI=1S/C18H15F3N2O5S/c19-18(20,21)13-6-8-14(9-7-13)29(26,27)22-15(12-4-2-1-3-5-12)10-23-16(24)11-28-17(23)25/h1-9,15,22H,10-11H2. The minimum atomic E-state index is -4.60. The lowest BCUT2D eigenvalue weighted by Gasteiger charge is -2.22. The Morgan fingerprint density at radius 1 is 1.03 bits per heavy atom. The number of nitrogens with one attached hydrogen (secondary N) is 1. The number of amides is 2. The van der Waals surface area contributed by atoms with Crippen molar-refractivity contribution in [3.63, 3.8) is 0 Å². The summed E-state index contributed by atoms with van der Waals surface area (Å²) < 4.78 is 70.5. The number of sulfonamides is 1. The molecule has 1 fully saturated rings. The molecular formula is C18H15F3N2O5S. The number of carbonyl (C=O) groups excluding carboxylic acids is 2. The van der Waals surface area contributed by atoms with Crippen LogP contribution in [0.1, 0.15) is 17.2 Å². The molecule has 1 aliphatic rings. The summed E-state index contributed by atoms with van der Waals surface area (Å²) >= 11 is 0. The Kier molecular flexibility index (Phi) is 5.62. The normalized spacial score (nSPS) is 16.0. The van der Waals surface area contributed by atoms with Crippen molar-refractivity contribution in [3.05, 3.63) is 65.7 Å². The van der Waals surface area contributed by atoms with Crippen LogP contribution >= 0.6 is 0 Å². The van der Waals surface area contributed by atoms with E-state index in [1.54, 1.807) is 30.3 Å². The first-order chi connectivity index (χ1) is 13.6. The summed E-state index contributed by atoms with van der Waals surface area (Å²) in [6.07, 6.45) is -5.50. The fourth-order valence-corrected chi connectivity index (χ4v) is 3.93. The van der Waals surface area contributed by atoms with Crippen molar-refractivity contribution in [3.8, 4) is 0 Å². The molecule has 1 aliphatic heterocycles. The van der Waals surface area contributed by atoms with Crippen molar-refractivity contribution in [1.29, 1.82) is 0 Å². The Balaban J connectivity index is 1.88. The minimum Gasteiger partial charge on any atom is -0.439 e. The van der Waals surface area contributed by atoms with Crippen molar-refractivity contribution in [2.24, 2.45) is 0 Å². The summed E-state index contributed by atoms with van der Waals surface area (Å²) in [4.78, 5) is 23.9. The Bertz CT molecular complexity index is 992. The van der Waals surface area contributed by atoms with Gasteiger partial charge in [-0.3, -0.25) is 4.79 Å². The molecule has 0 aromatic heterocycles. The molecule has 7 nitrogen and oxygen atoms in total. The highest BCUT2D eigenvalue weighted by Crippen LogP contribution is 2.30. The van der Waals surface area contributed by atoms with Crippen molar-refractivity contribution >= 4 is 22.0 Å². The SMILES string of the molecule is O=C1COC(=O)N1CC(NS(=O)(=O)c1ccc(C(F)(F)F)cc1)c1ccccc1. The summed E-state index contributed by atoms with van der Waals surface area (Å²) in [5.41, 5.74) is -0.531. The van der Waals surface area contributed by atoms with Crippen molar-refractivity contribution in [2.45, 2.75) is 17.1 Å². The van der Waals surface area contributed by atoms with Gasteiger partial charge in [-0.25, -0.2) is 22.8 Å². The molecule has 1 saturated heterocycles. The first kappa shape index (κ1) is 20.8. The third-order valence-electron chi connectivity index (χ3n) is 4.20. The van der Waals surface area contributed by atoms with Gasteiger partial charge in [0.15, 0.2) is 6.61 Å². The zero-order valence-corrected chi connectivity index (χ0v) is 15.5. The number of imide groups is 1. The second-order valence-corrected chi connectivity index (χ2v) is 7.88. The van der Waals surface area contributed by atoms with Gasteiger partial charge in [0, 0.05) is 0 Å². The number of carbonyl (C=O) groups is 2. The quantitative estimate of drug-likeness (QED) is 0.764. The molecule has 1 unspecified atom stereocenters. The van der Waals surface area contributed by atoms with Gasteiger partial charge in [-0.15, -0.1) is 0 Å². The van der Waals surface area contributed by atoms with Crippen LogP contribution in [0.5, 0.6) is 0 Å². The average molecular weight is 428 g/mol. The van der Waals surface area contributed by atoms with Gasteiger partial charge in [0.2, 0.25) is 10.0 Å². The molecule has 0 spiro atoms. The van der Waals surface area contributed by atoms with Gasteiger partial charge < -0.3 is 4.74 Å². The van der Waals surface area contributed by atoms with Crippen molar-refractivity contribution < 1.29 is 35.9 Å². The van der Waals surface area contributed by atoms with Crippen LogP contribution in [0.3, 0.4) is 0 Å². The Morgan fingerprint density at radius 2 is 1.66 bits per heavy atom. The van der Waals surface area contributed by atoms with Gasteiger partial charge >= 0.3 is 12.3 Å². The second kappa shape index (κ2) is 7.84. The second-order valence-electron chi connectivity index (χ2n) is 6.17. The molecule has 1 atom stereocenters. The summed E-state index contributed by atoms with van der Waals surface area (Å²) in [5.74, 6) is -0.621. The molecule has 154 valence electrons. The molecule has 1 N–H and O–H groups in total.